The van der Waals surface area contributed by atoms with Gasteiger partial charge in [0.05, 0.1) is 5.69 Å². The van der Waals surface area contributed by atoms with E-state index in [2.05, 4.69) is 29.9 Å². The number of aromatic nitrogens is 2. The first-order chi connectivity index (χ1) is 8.15. The van der Waals surface area contributed by atoms with E-state index >= 15 is 0 Å². The number of aromatic amines is 1. The molecule has 2 aromatic rings. The standard InChI is InChI=1S/C12H12N2OS2/c1-6-3-8(7(2)17-6)11-13-10-5-16-4-9(10)12(15)14-11/h3H,4-5H2,1-2H3,(H,13,14,15). The number of hydrogen-bond acceptors (Lipinski definition) is 4. The number of H-pyrrole nitrogens is 1. The lowest BCUT2D eigenvalue weighted by Crippen LogP contribution is -2.15. The summed E-state index contributed by atoms with van der Waals surface area (Å²) in [5.74, 6) is 2.37. The van der Waals surface area contributed by atoms with Crippen molar-refractivity contribution in [3.63, 3.8) is 0 Å². The van der Waals surface area contributed by atoms with Crippen LogP contribution in [-0.2, 0) is 11.5 Å². The van der Waals surface area contributed by atoms with Crippen LogP contribution in [0.5, 0.6) is 0 Å². The molecule has 17 heavy (non-hydrogen) atoms. The van der Waals surface area contributed by atoms with Crippen LogP contribution in [0.2, 0.25) is 0 Å². The van der Waals surface area contributed by atoms with Gasteiger partial charge in [-0.1, -0.05) is 0 Å². The van der Waals surface area contributed by atoms with Crippen molar-refractivity contribution in [2.45, 2.75) is 25.4 Å². The van der Waals surface area contributed by atoms with Gasteiger partial charge in [0.2, 0.25) is 0 Å². The summed E-state index contributed by atoms with van der Waals surface area (Å²) in [5, 5.41) is 0. The minimum absolute atomic E-state index is 0.0262. The summed E-state index contributed by atoms with van der Waals surface area (Å²) >= 11 is 3.49. The average molecular weight is 264 g/mol. The molecule has 1 aliphatic heterocycles. The Morgan fingerprint density at radius 3 is 2.88 bits per heavy atom. The molecule has 3 rings (SSSR count). The molecular weight excluding hydrogens is 252 g/mol. The lowest BCUT2D eigenvalue weighted by atomic mass is 10.2. The molecule has 0 saturated carbocycles. The van der Waals surface area contributed by atoms with Crippen molar-refractivity contribution in [3.05, 3.63) is 37.4 Å². The summed E-state index contributed by atoms with van der Waals surface area (Å²) < 4.78 is 0. The van der Waals surface area contributed by atoms with E-state index in [0.29, 0.717) is 0 Å². The monoisotopic (exact) mass is 264 g/mol. The Balaban J connectivity index is 2.20. The number of thiophene rings is 1. The quantitative estimate of drug-likeness (QED) is 0.861. The number of aryl methyl sites for hydroxylation is 2. The summed E-state index contributed by atoms with van der Waals surface area (Å²) in [6.07, 6.45) is 0. The smallest absolute Gasteiger partial charge is 0.255 e. The number of hydrogen-bond donors (Lipinski definition) is 1. The number of fused-ring (bicyclic) bond motifs is 1. The van der Waals surface area contributed by atoms with Gasteiger partial charge < -0.3 is 4.98 Å². The third-order valence-corrected chi connectivity index (χ3v) is 4.82. The van der Waals surface area contributed by atoms with Gasteiger partial charge in [0.1, 0.15) is 5.82 Å². The lowest BCUT2D eigenvalue weighted by Gasteiger charge is -2.02. The first-order valence-corrected chi connectivity index (χ1v) is 7.39. The van der Waals surface area contributed by atoms with Crippen molar-refractivity contribution in [2.24, 2.45) is 0 Å². The summed E-state index contributed by atoms with van der Waals surface area (Å²) in [6.45, 7) is 4.14. The Bertz CT molecular complexity index is 642. The van der Waals surface area contributed by atoms with Crippen LogP contribution in [0, 0.1) is 13.8 Å². The van der Waals surface area contributed by atoms with Gasteiger partial charge >= 0.3 is 0 Å². The van der Waals surface area contributed by atoms with Crippen molar-refractivity contribution >= 4 is 23.1 Å². The first-order valence-electron chi connectivity index (χ1n) is 5.42. The van der Waals surface area contributed by atoms with Gasteiger partial charge in [0.15, 0.2) is 0 Å². The van der Waals surface area contributed by atoms with Crippen LogP contribution >= 0.6 is 23.1 Å². The van der Waals surface area contributed by atoms with Gasteiger partial charge in [-0.25, -0.2) is 4.98 Å². The second-order valence-electron chi connectivity index (χ2n) is 4.16. The fourth-order valence-corrected chi connectivity index (χ4v) is 4.02. The van der Waals surface area contributed by atoms with Crippen molar-refractivity contribution < 1.29 is 0 Å². The second kappa shape index (κ2) is 3.99. The van der Waals surface area contributed by atoms with Crippen LogP contribution in [0.4, 0.5) is 0 Å². The van der Waals surface area contributed by atoms with Crippen molar-refractivity contribution in [1.29, 1.82) is 0 Å². The SMILES string of the molecule is Cc1cc(-c2nc3c(c(=O)[nH]2)CSC3)c(C)s1. The van der Waals surface area contributed by atoms with Crippen LogP contribution < -0.4 is 5.56 Å². The molecule has 0 bridgehead atoms. The van der Waals surface area contributed by atoms with Crippen molar-refractivity contribution in [1.82, 2.24) is 9.97 Å². The third-order valence-electron chi connectivity index (χ3n) is 2.88. The van der Waals surface area contributed by atoms with Gasteiger partial charge in [-0.2, -0.15) is 11.8 Å². The maximum atomic E-state index is 11.9. The van der Waals surface area contributed by atoms with E-state index < -0.39 is 0 Å². The summed E-state index contributed by atoms with van der Waals surface area (Å²) in [4.78, 5) is 21.9. The molecule has 88 valence electrons. The van der Waals surface area contributed by atoms with Gasteiger partial charge in [-0.15, -0.1) is 11.3 Å². The Hall–Kier alpha value is -1.07. The van der Waals surface area contributed by atoms with E-state index in [1.165, 1.54) is 9.75 Å². The van der Waals surface area contributed by atoms with Gasteiger partial charge in [-0.3, -0.25) is 4.79 Å². The fourth-order valence-electron chi connectivity index (χ4n) is 2.06. The fraction of sp³-hybridized carbons (Fsp3) is 0.333. The van der Waals surface area contributed by atoms with Gasteiger partial charge in [0, 0.05) is 32.4 Å². The molecule has 0 aromatic carbocycles. The van der Waals surface area contributed by atoms with E-state index in [1.54, 1.807) is 23.1 Å². The average Bonchev–Trinajstić information content (AvgIpc) is 2.84. The Labute approximate surface area is 107 Å². The highest BCUT2D eigenvalue weighted by atomic mass is 32.2. The number of thioether (sulfide) groups is 1. The highest BCUT2D eigenvalue weighted by molar-refractivity contribution is 7.98. The zero-order chi connectivity index (χ0) is 12.0. The molecule has 0 radical (unpaired) electrons. The lowest BCUT2D eigenvalue weighted by molar-refractivity contribution is 1.03. The minimum Gasteiger partial charge on any atom is -0.306 e. The molecule has 0 aliphatic carbocycles. The Morgan fingerprint density at radius 2 is 2.18 bits per heavy atom. The zero-order valence-corrected chi connectivity index (χ0v) is 11.3. The van der Waals surface area contributed by atoms with Crippen LogP contribution in [-0.4, -0.2) is 9.97 Å². The number of nitrogens with one attached hydrogen (secondary N) is 1. The predicted molar refractivity (Wildman–Crippen MR) is 72.6 cm³/mol. The molecule has 3 heterocycles. The van der Waals surface area contributed by atoms with E-state index in [0.717, 1.165) is 34.2 Å². The highest BCUT2D eigenvalue weighted by Gasteiger charge is 2.19. The molecule has 0 unspecified atom stereocenters. The van der Waals surface area contributed by atoms with Gasteiger partial charge in [0.25, 0.3) is 5.56 Å². The molecular formula is C12H12N2OS2. The van der Waals surface area contributed by atoms with E-state index in [-0.39, 0.29) is 5.56 Å². The second-order valence-corrected chi connectivity index (χ2v) is 6.61. The van der Waals surface area contributed by atoms with Crippen LogP contribution in [0.1, 0.15) is 21.0 Å². The maximum Gasteiger partial charge on any atom is 0.255 e. The molecule has 1 aliphatic rings. The van der Waals surface area contributed by atoms with E-state index in [1.807, 2.05) is 0 Å². The van der Waals surface area contributed by atoms with Crippen LogP contribution in [0.25, 0.3) is 11.4 Å². The molecule has 0 atom stereocenters. The minimum atomic E-state index is 0.0262. The van der Waals surface area contributed by atoms with Crippen LogP contribution in [0.15, 0.2) is 10.9 Å². The predicted octanol–water partition coefficient (Wildman–Crippen LogP) is 2.86. The third kappa shape index (κ3) is 1.83. The Kier molecular flexibility index (Phi) is 2.60. The molecule has 1 N–H and O–H groups in total. The molecule has 2 aromatic heterocycles. The van der Waals surface area contributed by atoms with E-state index in [9.17, 15) is 4.79 Å². The van der Waals surface area contributed by atoms with E-state index in [4.69, 9.17) is 0 Å². The molecule has 3 nitrogen and oxygen atoms in total. The summed E-state index contributed by atoms with van der Waals surface area (Å²) in [6, 6.07) is 2.09. The molecule has 0 spiro atoms. The molecule has 0 fully saturated rings. The number of rotatable bonds is 1. The van der Waals surface area contributed by atoms with Gasteiger partial charge in [-0.05, 0) is 19.9 Å². The molecule has 0 saturated heterocycles. The maximum absolute atomic E-state index is 11.9. The number of nitrogens with zero attached hydrogens (tertiary/aromatic N) is 1. The van der Waals surface area contributed by atoms with Crippen molar-refractivity contribution in [3.8, 4) is 11.4 Å². The zero-order valence-electron chi connectivity index (χ0n) is 9.66. The highest BCUT2D eigenvalue weighted by Crippen LogP contribution is 2.30. The largest absolute Gasteiger partial charge is 0.306 e. The molecule has 5 heteroatoms. The van der Waals surface area contributed by atoms with Crippen molar-refractivity contribution in [2.75, 3.05) is 0 Å². The summed E-state index contributed by atoms with van der Waals surface area (Å²) in [7, 11) is 0. The first kappa shape index (κ1) is 11.0. The summed E-state index contributed by atoms with van der Waals surface area (Å²) in [5.41, 5.74) is 2.89. The normalized spacial score (nSPS) is 14.0. The Morgan fingerprint density at radius 1 is 1.35 bits per heavy atom. The topological polar surface area (TPSA) is 45.8 Å². The molecule has 0 amide bonds. The van der Waals surface area contributed by atoms with Crippen LogP contribution in [0.3, 0.4) is 0 Å².